The third-order valence-corrected chi connectivity index (χ3v) is 3.72. The van der Waals surface area contributed by atoms with Crippen LogP contribution in [0.5, 0.6) is 0 Å². The smallest absolute Gasteiger partial charge is 0.303 e. The molecule has 1 N–H and O–H groups in total. The molecule has 1 amide bonds. The van der Waals surface area contributed by atoms with Crippen molar-refractivity contribution in [3.63, 3.8) is 0 Å². The van der Waals surface area contributed by atoms with Crippen LogP contribution in [0.4, 0.5) is 0 Å². The molecule has 0 fully saturated rings. The van der Waals surface area contributed by atoms with Gasteiger partial charge in [-0.3, -0.25) is 14.3 Å². The first-order valence-electron chi connectivity index (χ1n) is 7.24. The van der Waals surface area contributed by atoms with Crippen molar-refractivity contribution in [1.29, 1.82) is 0 Å². The Morgan fingerprint density at radius 1 is 1.33 bits per heavy atom. The number of amides is 1. The van der Waals surface area contributed by atoms with Crippen molar-refractivity contribution >= 4 is 11.9 Å². The highest BCUT2D eigenvalue weighted by Gasteiger charge is 2.20. The molecule has 0 atom stereocenters. The van der Waals surface area contributed by atoms with E-state index < -0.39 is 5.97 Å². The van der Waals surface area contributed by atoms with Gasteiger partial charge in [-0.2, -0.15) is 5.10 Å². The normalized spacial score (nSPS) is 11.0. The average Bonchev–Trinajstić information content (AvgIpc) is 2.60. The SMILES string of the molecule is Cc1nn(C)c(C)c1CC(=O)N(CCCC(=O)O)C(C)C. The molecular formula is C15H25N3O3. The van der Waals surface area contributed by atoms with Crippen molar-refractivity contribution in [2.45, 2.75) is 53.0 Å². The van der Waals surface area contributed by atoms with Crippen molar-refractivity contribution in [1.82, 2.24) is 14.7 Å². The van der Waals surface area contributed by atoms with Crippen LogP contribution in [-0.2, 0) is 23.1 Å². The number of nitrogens with zero attached hydrogens (tertiary/aromatic N) is 3. The zero-order chi connectivity index (χ0) is 16.2. The second kappa shape index (κ2) is 7.24. The number of rotatable bonds is 7. The third kappa shape index (κ3) is 4.58. The fourth-order valence-corrected chi connectivity index (χ4v) is 2.40. The molecule has 6 heteroatoms. The van der Waals surface area contributed by atoms with E-state index in [0.29, 0.717) is 19.4 Å². The molecule has 0 aromatic carbocycles. The van der Waals surface area contributed by atoms with E-state index in [4.69, 9.17) is 5.11 Å². The molecule has 0 aliphatic carbocycles. The quantitative estimate of drug-likeness (QED) is 0.830. The second-order valence-electron chi connectivity index (χ2n) is 5.63. The summed E-state index contributed by atoms with van der Waals surface area (Å²) in [5, 5.41) is 13.0. The van der Waals surface area contributed by atoms with Crippen LogP contribution >= 0.6 is 0 Å². The molecule has 0 aliphatic heterocycles. The number of carboxylic acids is 1. The Morgan fingerprint density at radius 2 is 1.95 bits per heavy atom. The van der Waals surface area contributed by atoms with Gasteiger partial charge >= 0.3 is 5.97 Å². The Hall–Kier alpha value is -1.85. The molecule has 1 aromatic rings. The third-order valence-electron chi connectivity index (χ3n) is 3.72. The van der Waals surface area contributed by atoms with Crippen LogP contribution in [0.25, 0.3) is 0 Å². The summed E-state index contributed by atoms with van der Waals surface area (Å²) in [7, 11) is 1.86. The van der Waals surface area contributed by atoms with Crippen molar-refractivity contribution in [3.8, 4) is 0 Å². The van der Waals surface area contributed by atoms with Gasteiger partial charge in [0.2, 0.25) is 5.91 Å². The standard InChI is InChI=1S/C15H25N3O3/c1-10(2)18(8-6-7-15(20)21)14(19)9-13-11(3)16-17(5)12(13)4/h10H,6-9H2,1-5H3,(H,20,21). The van der Waals surface area contributed by atoms with Gasteiger partial charge in [0.05, 0.1) is 12.1 Å². The fourth-order valence-electron chi connectivity index (χ4n) is 2.40. The molecule has 118 valence electrons. The Labute approximate surface area is 125 Å². The van der Waals surface area contributed by atoms with Crippen molar-refractivity contribution in [3.05, 3.63) is 17.0 Å². The van der Waals surface area contributed by atoms with E-state index in [1.165, 1.54) is 0 Å². The predicted molar refractivity (Wildman–Crippen MR) is 80.1 cm³/mol. The largest absolute Gasteiger partial charge is 0.481 e. The maximum absolute atomic E-state index is 12.5. The summed E-state index contributed by atoms with van der Waals surface area (Å²) in [4.78, 5) is 24.8. The van der Waals surface area contributed by atoms with Gasteiger partial charge in [-0.15, -0.1) is 0 Å². The molecule has 0 spiro atoms. The maximum Gasteiger partial charge on any atom is 0.303 e. The van der Waals surface area contributed by atoms with Gasteiger partial charge in [-0.1, -0.05) is 0 Å². The van der Waals surface area contributed by atoms with E-state index in [0.717, 1.165) is 17.0 Å². The molecular weight excluding hydrogens is 270 g/mol. The van der Waals surface area contributed by atoms with Crippen LogP contribution < -0.4 is 0 Å². The van der Waals surface area contributed by atoms with Crippen LogP contribution in [-0.4, -0.2) is 44.3 Å². The van der Waals surface area contributed by atoms with Crippen LogP contribution in [0.3, 0.4) is 0 Å². The van der Waals surface area contributed by atoms with Gasteiger partial charge in [0.25, 0.3) is 0 Å². The topological polar surface area (TPSA) is 75.4 Å². The summed E-state index contributed by atoms with van der Waals surface area (Å²) in [6, 6.07) is 0.0589. The molecule has 0 aliphatic rings. The number of hydrogen-bond donors (Lipinski definition) is 1. The first kappa shape index (κ1) is 17.2. The summed E-state index contributed by atoms with van der Waals surface area (Å²) in [6.45, 7) is 8.22. The van der Waals surface area contributed by atoms with Gasteiger partial charge in [-0.05, 0) is 34.1 Å². The minimum absolute atomic E-state index is 0.0228. The Kier molecular flexibility index (Phi) is 5.93. The first-order chi connectivity index (χ1) is 9.73. The van der Waals surface area contributed by atoms with Gasteiger partial charge in [0, 0.05) is 37.3 Å². The van der Waals surface area contributed by atoms with Gasteiger partial charge in [0.15, 0.2) is 0 Å². The molecule has 0 saturated carbocycles. The molecule has 1 rings (SSSR count). The van der Waals surface area contributed by atoms with Gasteiger partial charge in [0.1, 0.15) is 0 Å². The van der Waals surface area contributed by atoms with Crippen LogP contribution in [0.2, 0.25) is 0 Å². The number of carbonyl (C=O) groups is 2. The van der Waals surface area contributed by atoms with Crippen LogP contribution in [0.15, 0.2) is 0 Å². The number of aryl methyl sites for hydroxylation is 2. The van der Waals surface area contributed by atoms with Gasteiger partial charge < -0.3 is 10.0 Å². The fraction of sp³-hybridized carbons (Fsp3) is 0.667. The maximum atomic E-state index is 12.5. The monoisotopic (exact) mass is 295 g/mol. The molecule has 1 aromatic heterocycles. The lowest BCUT2D eigenvalue weighted by Gasteiger charge is -2.26. The highest BCUT2D eigenvalue weighted by atomic mass is 16.4. The molecule has 21 heavy (non-hydrogen) atoms. The highest BCUT2D eigenvalue weighted by Crippen LogP contribution is 2.15. The number of aliphatic carboxylic acids is 1. The summed E-state index contributed by atoms with van der Waals surface area (Å²) in [5.74, 6) is -0.806. The highest BCUT2D eigenvalue weighted by molar-refractivity contribution is 5.79. The predicted octanol–water partition coefficient (Wildman–Crippen LogP) is 1.68. The van der Waals surface area contributed by atoms with Crippen molar-refractivity contribution in [2.24, 2.45) is 7.05 Å². The minimum atomic E-state index is -0.829. The first-order valence-corrected chi connectivity index (χ1v) is 7.24. The molecule has 0 unspecified atom stereocenters. The Morgan fingerprint density at radius 3 is 2.38 bits per heavy atom. The summed E-state index contributed by atoms with van der Waals surface area (Å²) in [5.41, 5.74) is 2.83. The lowest BCUT2D eigenvalue weighted by molar-refractivity contribution is -0.138. The van der Waals surface area contributed by atoms with Crippen LogP contribution in [0.1, 0.15) is 43.6 Å². The van der Waals surface area contributed by atoms with Gasteiger partial charge in [-0.25, -0.2) is 0 Å². The number of carboxylic acid groups (broad SMARTS) is 1. The molecule has 0 radical (unpaired) electrons. The second-order valence-corrected chi connectivity index (χ2v) is 5.63. The summed E-state index contributed by atoms with van der Waals surface area (Å²) in [6.07, 6.45) is 0.877. The van der Waals surface area contributed by atoms with E-state index >= 15 is 0 Å². The van der Waals surface area contributed by atoms with E-state index in [1.54, 1.807) is 9.58 Å². The minimum Gasteiger partial charge on any atom is -0.481 e. The Balaban J connectivity index is 2.75. The zero-order valence-corrected chi connectivity index (χ0v) is 13.5. The number of hydrogen-bond acceptors (Lipinski definition) is 3. The molecule has 6 nitrogen and oxygen atoms in total. The average molecular weight is 295 g/mol. The summed E-state index contributed by atoms with van der Waals surface area (Å²) >= 11 is 0. The lowest BCUT2D eigenvalue weighted by atomic mass is 10.1. The van der Waals surface area contributed by atoms with E-state index in [9.17, 15) is 9.59 Å². The van der Waals surface area contributed by atoms with Crippen molar-refractivity contribution < 1.29 is 14.7 Å². The molecule has 0 saturated heterocycles. The lowest BCUT2D eigenvalue weighted by Crippen LogP contribution is -2.39. The molecule has 1 heterocycles. The zero-order valence-electron chi connectivity index (χ0n) is 13.5. The van der Waals surface area contributed by atoms with Crippen molar-refractivity contribution in [2.75, 3.05) is 6.54 Å². The Bertz CT molecular complexity index is 520. The molecule has 0 bridgehead atoms. The number of carbonyl (C=O) groups excluding carboxylic acids is 1. The van der Waals surface area contributed by atoms with E-state index in [1.807, 2.05) is 34.7 Å². The van der Waals surface area contributed by atoms with Crippen LogP contribution in [0, 0.1) is 13.8 Å². The van der Waals surface area contributed by atoms with E-state index in [-0.39, 0.29) is 18.4 Å². The summed E-state index contributed by atoms with van der Waals surface area (Å²) < 4.78 is 1.78. The number of aromatic nitrogens is 2. The van der Waals surface area contributed by atoms with E-state index in [2.05, 4.69) is 5.10 Å².